The minimum Gasteiger partial charge on any atom is -0.239 e. The van der Waals surface area contributed by atoms with Crippen LogP contribution in [0, 0.1) is 0 Å². The number of halogens is 2. The molecular formula is C4H5Br2N3. The zero-order valence-electron chi connectivity index (χ0n) is 9.10. The summed E-state index contributed by atoms with van der Waals surface area (Å²) in [5.74, 6) is 0. The van der Waals surface area contributed by atoms with E-state index in [1.165, 1.54) is 0 Å². The van der Waals surface area contributed by atoms with Gasteiger partial charge in [0, 0.05) is 10.6 Å². The summed E-state index contributed by atoms with van der Waals surface area (Å²) in [7, 11) is 0. The molecule has 1 heterocycles. The first-order valence-electron chi connectivity index (χ1n) is 4.45. The van der Waals surface area contributed by atoms with E-state index in [0.29, 0.717) is 4.68 Å². The van der Waals surface area contributed by atoms with Gasteiger partial charge in [-0.05, 0) is 38.7 Å². The summed E-state index contributed by atoms with van der Waals surface area (Å²) < 4.78 is 36.6. The maximum absolute atomic E-state index is 7.39. The Morgan fingerprint density at radius 2 is 2.67 bits per heavy atom. The molecule has 3 nitrogen and oxygen atoms in total. The quantitative estimate of drug-likeness (QED) is 0.771. The van der Waals surface area contributed by atoms with Crippen LogP contribution in [0.25, 0.3) is 0 Å². The lowest BCUT2D eigenvalue weighted by molar-refractivity contribution is 0.639. The van der Waals surface area contributed by atoms with Crippen molar-refractivity contribution in [1.82, 2.24) is 14.8 Å². The van der Waals surface area contributed by atoms with Crippen LogP contribution in [0.2, 0.25) is 0 Å². The fourth-order valence-electron chi connectivity index (χ4n) is 0.341. The zero-order chi connectivity index (χ0) is 11.1. The lowest BCUT2D eigenvalue weighted by Gasteiger charge is -1.91. The van der Waals surface area contributed by atoms with Gasteiger partial charge in [0.2, 0.25) is 4.73 Å². The second kappa shape index (κ2) is 2.79. The molecule has 0 atom stereocenters. The minimum absolute atomic E-state index is 0.0190. The van der Waals surface area contributed by atoms with Crippen LogP contribution >= 0.6 is 31.9 Å². The highest BCUT2D eigenvalue weighted by molar-refractivity contribution is 9.11. The van der Waals surface area contributed by atoms with Crippen LogP contribution in [-0.2, 0) is 6.50 Å². The van der Waals surface area contributed by atoms with Gasteiger partial charge in [-0.2, -0.15) is 4.98 Å². The molecule has 0 spiro atoms. The summed E-state index contributed by atoms with van der Waals surface area (Å²) in [4.78, 5) is 3.69. The molecule has 0 radical (unpaired) electrons. The van der Waals surface area contributed by atoms with Gasteiger partial charge in [-0.25, -0.2) is 4.68 Å². The topological polar surface area (TPSA) is 30.7 Å². The van der Waals surface area contributed by atoms with Gasteiger partial charge in [-0.3, -0.25) is 0 Å². The van der Waals surface area contributed by atoms with Crippen molar-refractivity contribution in [3.8, 4) is 0 Å². The van der Waals surface area contributed by atoms with Gasteiger partial charge in [0.15, 0.2) is 4.73 Å². The Bertz CT molecular complexity index is 345. The Morgan fingerprint density at radius 3 is 3.11 bits per heavy atom. The molecule has 1 aromatic heterocycles. The molecule has 9 heavy (non-hydrogen) atoms. The fraction of sp³-hybridized carbons (Fsp3) is 0.500. The number of hydrogen-bond acceptors (Lipinski definition) is 2. The smallest absolute Gasteiger partial charge is 0.218 e. The average Bonchev–Trinajstić information content (AvgIpc) is 2.27. The first-order valence-corrected chi connectivity index (χ1v) is 3.53. The third kappa shape index (κ3) is 1.52. The van der Waals surface area contributed by atoms with Crippen LogP contribution < -0.4 is 0 Å². The van der Waals surface area contributed by atoms with Crippen molar-refractivity contribution >= 4 is 31.9 Å². The van der Waals surface area contributed by atoms with Gasteiger partial charge >= 0.3 is 0 Å². The van der Waals surface area contributed by atoms with Gasteiger partial charge in [-0.1, -0.05) is 0 Å². The maximum Gasteiger partial charge on any atom is 0.218 e. The fourth-order valence-corrected chi connectivity index (χ4v) is 1.24. The molecule has 0 amide bonds. The molecular weight excluding hydrogens is 250 g/mol. The van der Waals surface area contributed by atoms with Gasteiger partial charge in [0.25, 0.3) is 0 Å². The number of nitrogens with zero attached hydrogens (tertiary/aromatic N) is 3. The molecule has 0 bridgehead atoms. The average molecular weight is 260 g/mol. The molecule has 50 valence electrons. The van der Waals surface area contributed by atoms with Gasteiger partial charge in [0.1, 0.15) is 0 Å². The van der Waals surface area contributed by atoms with Crippen molar-refractivity contribution in [1.29, 1.82) is 0 Å². The van der Waals surface area contributed by atoms with E-state index in [1.54, 1.807) is 0 Å². The Balaban J connectivity index is 3.22. The standard InChI is InChI=1S/C4H5Br2N3/c1-2-9-4(6)7-3(5)8-9/h2H2,1H3/i1D3,2D2. The molecule has 0 saturated carbocycles. The molecule has 0 aliphatic heterocycles. The summed E-state index contributed by atoms with van der Waals surface area (Å²) in [6.45, 7) is -5.40. The molecule has 0 unspecified atom stereocenters. The second-order valence-electron chi connectivity index (χ2n) is 1.17. The van der Waals surface area contributed by atoms with Gasteiger partial charge in [0.05, 0.1) is 2.74 Å². The van der Waals surface area contributed by atoms with Crippen LogP contribution in [0.3, 0.4) is 0 Å². The molecule has 0 aliphatic rings. The Hall–Kier alpha value is 0.1000. The van der Waals surface area contributed by atoms with E-state index in [2.05, 4.69) is 41.9 Å². The molecule has 0 saturated heterocycles. The van der Waals surface area contributed by atoms with Crippen LogP contribution in [0.5, 0.6) is 0 Å². The van der Waals surface area contributed by atoms with Crippen LogP contribution in [0.15, 0.2) is 9.47 Å². The van der Waals surface area contributed by atoms with Gasteiger partial charge in [-0.15, -0.1) is 5.10 Å². The van der Waals surface area contributed by atoms with E-state index in [-0.39, 0.29) is 9.47 Å². The Labute approximate surface area is 76.7 Å². The van der Waals surface area contributed by atoms with E-state index < -0.39 is 13.3 Å². The van der Waals surface area contributed by atoms with Crippen LogP contribution in [0.1, 0.15) is 13.7 Å². The predicted octanol–water partition coefficient (Wildman–Crippen LogP) is 1.82. The Kier molecular flexibility index (Phi) is 0.931. The SMILES string of the molecule is [2H]C([2H])([2H])C([2H])([2H])n1nc(Br)nc1Br. The van der Waals surface area contributed by atoms with Crippen molar-refractivity contribution in [3.63, 3.8) is 0 Å². The number of rotatable bonds is 1. The molecule has 0 N–H and O–H groups in total. The molecule has 0 aliphatic carbocycles. The first kappa shape index (κ1) is 3.00. The van der Waals surface area contributed by atoms with Crippen molar-refractivity contribution in [2.24, 2.45) is 0 Å². The lowest BCUT2D eigenvalue weighted by Crippen LogP contribution is -1.95. The number of aryl methyl sites for hydroxylation is 1. The molecule has 1 rings (SSSR count). The van der Waals surface area contributed by atoms with E-state index in [4.69, 9.17) is 6.85 Å². The zero-order valence-corrected chi connectivity index (χ0v) is 7.27. The molecule has 5 heteroatoms. The van der Waals surface area contributed by atoms with Crippen LogP contribution in [-0.4, -0.2) is 14.8 Å². The summed E-state index contributed by atoms with van der Waals surface area (Å²) in [5, 5.41) is 3.59. The highest BCUT2D eigenvalue weighted by Crippen LogP contribution is 2.09. The number of aromatic nitrogens is 3. The van der Waals surface area contributed by atoms with Gasteiger partial charge < -0.3 is 0 Å². The van der Waals surface area contributed by atoms with E-state index >= 15 is 0 Å². The second-order valence-corrected chi connectivity index (χ2v) is 2.59. The largest absolute Gasteiger partial charge is 0.239 e. The minimum atomic E-state index is -2.80. The number of hydrogen-bond donors (Lipinski definition) is 0. The predicted molar refractivity (Wildman–Crippen MR) is 41.1 cm³/mol. The molecule has 1 aromatic rings. The highest BCUT2D eigenvalue weighted by atomic mass is 79.9. The van der Waals surface area contributed by atoms with Crippen molar-refractivity contribution in [2.75, 3.05) is 0 Å². The van der Waals surface area contributed by atoms with E-state index in [9.17, 15) is 0 Å². The molecule has 0 aromatic carbocycles. The summed E-state index contributed by atoms with van der Waals surface area (Å²) in [6.07, 6.45) is 0. The summed E-state index contributed by atoms with van der Waals surface area (Å²) in [5.41, 5.74) is 0. The first-order chi connectivity index (χ1) is 6.16. The van der Waals surface area contributed by atoms with Crippen molar-refractivity contribution in [2.45, 2.75) is 13.3 Å². The van der Waals surface area contributed by atoms with Crippen molar-refractivity contribution in [3.05, 3.63) is 9.47 Å². The highest BCUT2D eigenvalue weighted by Gasteiger charge is 2.00. The molecule has 0 fully saturated rings. The van der Waals surface area contributed by atoms with E-state index in [0.717, 1.165) is 0 Å². The van der Waals surface area contributed by atoms with Crippen LogP contribution in [0.4, 0.5) is 0 Å². The normalized spacial score (nSPS) is 21.3. The lowest BCUT2D eigenvalue weighted by atomic mass is 10.8. The maximum atomic E-state index is 7.39. The summed E-state index contributed by atoms with van der Waals surface area (Å²) >= 11 is 5.83. The van der Waals surface area contributed by atoms with Crippen molar-refractivity contribution < 1.29 is 6.85 Å². The van der Waals surface area contributed by atoms with E-state index in [1.807, 2.05) is 0 Å². The third-order valence-corrected chi connectivity index (χ3v) is 1.50. The summed E-state index contributed by atoms with van der Waals surface area (Å²) in [6, 6.07) is 0. The third-order valence-electron chi connectivity index (χ3n) is 0.648. The monoisotopic (exact) mass is 258 g/mol. The Morgan fingerprint density at radius 1 is 1.89 bits per heavy atom.